The summed E-state index contributed by atoms with van der Waals surface area (Å²) in [4.78, 5) is 6.73. The number of piperidine rings is 1. The minimum Gasteiger partial charge on any atom is -0.355 e. The number of hydrogen-bond donors (Lipinski definition) is 2. The Morgan fingerprint density at radius 2 is 2.24 bits per heavy atom. The largest absolute Gasteiger partial charge is 0.355 e. The second kappa shape index (κ2) is 10.00. The Morgan fingerprint density at radius 1 is 1.40 bits per heavy atom. The minimum atomic E-state index is -0.318. The topological polar surface area (TPSA) is 63.4 Å². The van der Waals surface area contributed by atoms with Crippen LogP contribution >= 0.6 is 0 Å². The van der Waals surface area contributed by atoms with Crippen molar-refractivity contribution in [2.24, 2.45) is 4.99 Å². The van der Waals surface area contributed by atoms with Crippen LogP contribution < -0.4 is 10.6 Å². The summed E-state index contributed by atoms with van der Waals surface area (Å²) in [6.07, 6.45) is 5.09. The molecule has 0 saturated carbocycles. The third-order valence-corrected chi connectivity index (χ3v) is 4.76. The number of benzene rings is 1. The first-order valence-corrected chi connectivity index (χ1v) is 9.05. The molecule has 25 heavy (non-hydrogen) atoms. The van der Waals surface area contributed by atoms with Gasteiger partial charge in [0, 0.05) is 38.3 Å². The third kappa shape index (κ3) is 5.71. The van der Waals surface area contributed by atoms with Gasteiger partial charge in [-0.25, -0.2) is 4.39 Å². The second-order valence-electron chi connectivity index (χ2n) is 6.36. The zero-order chi connectivity index (χ0) is 18.1. The summed E-state index contributed by atoms with van der Waals surface area (Å²) in [6.45, 7) is 5.50. The lowest BCUT2D eigenvalue weighted by atomic mass is 10.0. The van der Waals surface area contributed by atoms with Gasteiger partial charge in [0.05, 0.1) is 11.6 Å². The quantitative estimate of drug-likeness (QED) is 0.614. The first-order chi connectivity index (χ1) is 12.2. The molecule has 0 bridgehead atoms. The molecule has 1 aromatic rings. The zero-order valence-electron chi connectivity index (χ0n) is 15.2. The molecule has 1 aromatic carbocycles. The summed E-state index contributed by atoms with van der Waals surface area (Å²) in [5.74, 6) is 0.327. The molecule has 0 aliphatic carbocycles. The number of aliphatic imine (C=N–C) groups is 1. The van der Waals surface area contributed by atoms with E-state index in [2.05, 4.69) is 27.4 Å². The van der Waals surface area contributed by atoms with Crippen molar-refractivity contribution in [3.05, 3.63) is 35.1 Å². The highest BCUT2D eigenvalue weighted by Gasteiger charge is 2.19. The van der Waals surface area contributed by atoms with Gasteiger partial charge in [0.25, 0.3) is 0 Å². The van der Waals surface area contributed by atoms with Crippen LogP contribution in [0.2, 0.25) is 0 Å². The van der Waals surface area contributed by atoms with Gasteiger partial charge in [0.15, 0.2) is 5.96 Å². The predicted octanol–water partition coefficient (Wildman–Crippen LogP) is 2.63. The lowest BCUT2D eigenvalue weighted by Gasteiger charge is -2.35. The van der Waals surface area contributed by atoms with E-state index in [1.54, 1.807) is 13.1 Å². The molecule has 6 heteroatoms. The van der Waals surface area contributed by atoms with E-state index in [1.165, 1.54) is 44.4 Å². The van der Waals surface area contributed by atoms with Crippen molar-refractivity contribution >= 4 is 5.96 Å². The Labute approximate surface area is 149 Å². The number of nitrogens with one attached hydrogen (secondary N) is 2. The van der Waals surface area contributed by atoms with Crippen LogP contribution in [-0.2, 0) is 6.54 Å². The monoisotopic (exact) mass is 345 g/mol. The van der Waals surface area contributed by atoms with Gasteiger partial charge in [-0.3, -0.25) is 9.89 Å². The number of halogens is 1. The molecular formula is C19H28FN5. The maximum Gasteiger partial charge on any atom is 0.191 e. The van der Waals surface area contributed by atoms with Crippen molar-refractivity contribution in [1.82, 2.24) is 15.5 Å². The van der Waals surface area contributed by atoms with E-state index in [0.29, 0.717) is 29.7 Å². The summed E-state index contributed by atoms with van der Waals surface area (Å²) in [5.41, 5.74) is 0.918. The highest BCUT2D eigenvalue weighted by Crippen LogP contribution is 2.18. The molecule has 1 unspecified atom stereocenters. The minimum absolute atomic E-state index is 0.294. The molecule has 1 aliphatic rings. The Hall–Kier alpha value is -2.13. The molecule has 1 saturated heterocycles. The van der Waals surface area contributed by atoms with Gasteiger partial charge in [0.1, 0.15) is 5.82 Å². The standard InChI is InChI=1S/C19H28FN5/c1-3-17-6-4-5-10-25(17)11-9-23-19(22-2)24-14-16-12-15(13-21)7-8-18(16)20/h7-8,12,17H,3-6,9-11,14H2,1-2H3,(H2,22,23,24). The summed E-state index contributed by atoms with van der Waals surface area (Å²) in [7, 11) is 1.70. The first-order valence-electron chi connectivity index (χ1n) is 9.05. The maximum atomic E-state index is 13.8. The summed E-state index contributed by atoms with van der Waals surface area (Å²) in [5, 5.41) is 15.3. The molecule has 136 valence electrons. The van der Waals surface area contributed by atoms with Crippen molar-refractivity contribution in [3.63, 3.8) is 0 Å². The fourth-order valence-electron chi connectivity index (χ4n) is 3.31. The highest BCUT2D eigenvalue weighted by atomic mass is 19.1. The zero-order valence-corrected chi connectivity index (χ0v) is 15.2. The van der Waals surface area contributed by atoms with Crippen molar-refractivity contribution in [3.8, 4) is 6.07 Å². The lowest BCUT2D eigenvalue weighted by Crippen LogP contribution is -2.45. The van der Waals surface area contributed by atoms with Crippen LogP contribution in [0.5, 0.6) is 0 Å². The van der Waals surface area contributed by atoms with Crippen LogP contribution in [0.3, 0.4) is 0 Å². The van der Waals surface area contributed by atoms with E-state index in [9.17, 15) is 4.39 Å². The molecule has 1 heterocycles. The van der Waals surface area contributed by atoms with Crippen LogP contribution in [0, 0.1) is 17.1 Å². The molecule has 0 aromatic heterocycles. The van der Waals surface area contributed by atoms with Crippen molar-refractivity contribution in [2.75, 3.05) is 26.7 Å². The van der Waals surface area contributed by atoms with Crippen molar-refractivity contribution in [1.29, 1.82) is 5.26 Å². The molecule has 2 N–H and O–H groups in total. The number of nitrogens with zero attached hydrogens (tertiary/aromatic N) is 3. The van der Waals surface area contributed by atoms with E-state index in [-0.39, 0.29) is 5.82 Å². The first kappa shape index (κ1) is 19.2. The van der Waals surface area contributed by atoms with Gasteiger partial charge >= 0.3 is 0 Å². The van der Waals surface area contributed by atoms with Gasteiger partial charge in [-0.05, 0) is 44.0 Å². The van der Waals surface area contributed by atoms with Crippen molar-refractivity contribution in [2.45, 2.75) is 45.2 Å². The molecule has 2 rings (SSSR count). The SMILES string of the molecule is CCC1CCCCN1CCNC(=NC)NCc1cc(C#N)ccc1F. The number of nitriles is 1. The van der Waals surface area contributed by atoms with E-state index < -0.39 is 0 Å². The molecule has 5 nitrogen and oxygen atoms in total. The summed E-state index contributed by atoms with van der Waals surface area (Å²) in [6, 6.07) is 7.09. The van der Waals surface area contributed by atoms with E-state index in [1.807, 2.05) is 6.07 Å². The van der Waals surface area contributed by atoms with Crippen molar-refractivity contribution < 1.29 is 4.39 Å². The molecule has 1 aliphatic heterocycles. The molecular weight excluding hydrogens is 317 g/mol. The van der Waals surface area contributed by atoms with Crippen LogP contribution in [0.1, 0.15) is 43.7 Å². The van der Waals surface area contributed by atoms with Crippen LogP contribution in [0.15, 0.2) is 23.2 Å². The second-order valence-corrected chi connectivity index (χ2v) is 6.36. The summed E-state index contributed by atoms with van der Waals surface area (Å²) < 4.78 is 13.8. The third-order valence-electron chi connectivity index (χ3n) is 4.76. The lowest BCUT2D eigenvalue weighted by molar-refractivity contribution is 0.147. The fraction of sp³-hybridized carbons (Fsp3) is 0.579. The van der Waals surface area contributed by atoms with Crippen LogP contribution in [-0.4, -0.2) is 43.6 Å². The molecule has 0 spiro atoms. The maximum absolute atomic E-state index is 13.8. The Kier molecular flexibility index (Phi) is 7.68. The number of guanidine groups is 1. The fourth-order valence-corrected chi connectivity index (χ4v) is 3.31. The number of hydrogen-bond acceptors (Lipinski definition) is 3. The van der Waals surface area contributed by atoms with Crippen LogP contribution in [0.25, 0.3) is 0 Å². The van der Waals surface area contributed by atoms with E-state index in [0.717, 1.165) is 13.1 Å². The highest BCUT2D eigenvalue weighted by molar-refractivity contribution is 5.79. The average Bonchev–Trinajstić information content (AvgIpc) is 2.66. The number of likely N-dealkylation sites (tertiary alicyclic amines) is 1. The Bertz CT molecular complexity index is 623. The molecule has 1 atom stereocenters. The van der Waals surface area contributed by atoms with Gasteiger partial charge < -0.3 is 10.6 Å². The van der Waals surface area contributed by atoms with Gasteiger partial charge in [-0.15, -0.1) is 0 Å². The normalized spacial score (nSPS) is 18.6. The van der Waals surface area contributed by atoms with E-state index in [4.69, 9.17) is 5.26 Å². The smallest absolute Gasteiger partial charge is 0.191 e. The molecule has 1 fully saturated rings. The van der Waals surface area contributed by atoms with Gasteiger partial charge in [-0.1, -0.05) is 13.3 Å². The Morgan fingerprint density at radius 3 is 2.96 bits per heavy atom. The van der Waals surface area contributed by atoms with Gasteiger partial charge in [-0.2, -0.15) is 5.26 Å². The Balaban J connectivity index is 1.80. The average molecular weight is 345 g/mol. The summed E-state index contributed by atoms with van der Waals surface area (Å²) >= 11 is 0. The number of rotatable bonds is 6. The van der Waals surface area contributed by atoms with Gasteiger partial charge in [0.2, 0.25) is 0 Å². The predicted molar refractivity (Wildman–Crippen MR) is 98.8 cm³/mol. The molecule has 0 amide bonds. The van der Waals surface area contributed by atoms with Crippen LogP contribution in [0.4, 0.5) is 4.39 Å². The van der Waals surface area contributed by atoms with E-state index >= 15 is 0 Å². The molecule has 0 radical (unpaired) electrons.